The van der Waals surface area contributed by atoms with Crippen molar-refractivity contribution in [3.8, 4) is 0 Å². The van der Waals surface area contributed by atoms with Crippen LogP contribution in [0.2, 0.25) is 0 Å². The third-order valence-corrected chi connectivity index (χ3v) is 3.92. The molecule has 0 radical (unpaired) electrons. The van der Waals surface area contributed by atoms with Gasteiger partial charge in [0.15, 0.2) is 0 Å². The number of amides is 1. The first-order valence-electron chi connectivity index (χ1n) is 5.13. The Balaban J connectivity index is 1.94. The number of anilines is 1. The van der Waals surface area contributed by atoms with Gasteiger partial charge in [0, 0.05) is 20.9 Å². The van der Waals surface area contributed by atoms with Gasteiger partial charge in [0.1, 0.15) is 5.82 Å². The van der Waals surface area contributed by atoms with Gasteiger partial charge in [-0.05, 0) is 34.1 Å². The van der Waals surface area contributed by atoms with Gasteiger partial charge in [-0.25, -0.2) is 10.8 Å². The molecule has 2 heterocycles. The zero-order valence-electron chi connectivity index (χ0n) is 9.31. The molecule has 0 aliphatic rings. The summed E-state index contributed by atoms with van der Waals surface area (Å²) in [6.07, 6.45) is 1.48. The summed E-state index contributed by atoms with van der Waals surface area (Å²) >= 11 is 4.96. The molecule has 18 heavy (non-hydrogen) atoms. The number of aromatic nitrogens is 1. The van der Waals surface area contributed by atoms with Gasteiger partial charge in [0.25, 0.3) is 5.91 Å². The van der Waals surface area contributed by atoms with Crippen LogP contribution in [-0.4, -0.2) is 10.9 Å². The van der Waals surface area contributed by atoms with Gasteiger partial charge in [0.2, 0.25) is 0 Å². The molecule has 0 fully saturated rings. The number of nitrogens with two attached hydrogens (primary N) is 1. The van der Waals surface area contributed by atoms with Crippen LogP contribution in [0.4, 0.5) is 5.82 Å². The van der Waals surface area contributed by atoms with E-state index in [0.717, 1.165) is 9.35 Å². The lowest BCUT2D eigenvalue weighted by Crippen LogP contribution is -2.22. The van der Waals surface area contributed by atoms with Gasteiger partial charge in [-0.15, -0.1) is 11.3 Å². The first-order valence-corrected chi connectivity index (χ1v) is 6.80. The van der Waals surface area contributed by atoms with Crippen LogP contribution >= 0.6 is 27.3 Å². The third-order valence-electron chi connectivity index (χ3n) is 2.22. The maximum Gasteiger partial charge on any atom is 0.253 e. The summed E-state index contributed by atoms with van der Waals surface area (Å²) in [5.41, 5.74) is 2.91. The summed E-state index contributed by atoms with van der Waals surface area (Å²) in [5.74, 6) is 5.56. The van der Waals surface area contributed by atoms with Crippen molar-refractivity contribution >= 4 is 39.0 Å². The lowest BCUT2D eigenvalue weighted by Gasteiger charge is -2.04. The minimum Gasteiger partial charge on any atom is -0.347 e. The number of thiophene rings is 1. The molecule has 0 aromatic carbocycles. The molecule has 2 aromatic heterocycles. The fourth-order valence-corrected chi connectivity index (χ4v) is 2.72. The second-order valence-electron chi connectivity index (χ2n) is 3.49. The Morgan fingerprint density at radius 2 is 2.33 bits per heavy atom. The normalized spacial score (nSPS) is 10.1. The minimum absolute atomic E-state index is 0.157. The molecule has 0 aliphatic carbocycles. The summed E-state index contributed by atoms with van der Waals surface area (Å²) in [5, 5.41) is 4.80. The molecule has 4 N–H and O–H groups in total. The Kier molecular flexibility index (Phi) is 4.29. The quantitative estimate of drug-likeness (QED) is 0.594. The smallest absolute Gasteiger partial charge is 0.253 e. The van der Waals surface area contributed by atoms with Crippen molar-refractivity contribution in [3.05, 3.63) is 44.7 Å². The molecule has 0 spiro atoms. The number of carbonyl (C=O) groups is 1. The highest BCUT2D eigenvalue weighted by molar-refractivity contribution is 9.10. The predicted molar refractivity (Wildman–Crippen MR) is 75.2 cm³/mol. The molecule has 0 saturated heterocycles. The van der Waals surface area contributed by atoms with Crippen molar-refractivity contribution in [1.29, 1.82) is 0 Å². The molecule has 0 bridgehead atoms. The number of nitrogens with zero attached hydrogens (tertiary/aromatic N) is 1. The topological polar surface area (TPSA) is 80.0 Å². The van der Waals surface area contributed by atoms with E-state index in [4.69, 9.17) is 5.84 Å². The van der Waals surface area contributed by atoms with E-state index in [9.17, 15) is 4.79 Å². The molecule has 0 aliphatic heterocycles. The summed E-state index contributed by atoms with van der Waals surface area (Å²) in [6.45, 7) is 0.506. The van der Waals surface area contributed by atoms with Crippen LogP contribution in [0, 0.1) is 0 Å². The highest BCUT2D eigenvalue weighted by atomic mass is 79.9. The van der Waals surface area contributed by atoms with Crippen LogP contribution in [0.25, 0.3) is 0 Å². The first kappa shape index (κ1) is 13.0. The van der Waals surface area contributed by atoms with Crippen molar-refractivity contribution in [2.24, 2.45) is 5.84 Å². The van der Waals surface area contributed by atoms with E-state index in [1.807, 2.05) is 11.4 Å². The Morgan fingerprint density at radius 3 is 2.89 bits per heavy atom. The summed E-state index contributed by atoms with van der Waals surface area (Å²) < 4.78 is 1.02. The molecule has 0 saturated carbocycles. The third kappa shape index (κ3) is 3.28. The van der Waals surface area contributed by atoms with Gasteiger partial charge in [0.05, 0.1) is 12.1 Å². The average molecular weight is 327 g/mol. The van der Waals surface area contributed by atoms with Gasteiger partial charge in [-0.3, -0.25) is 4.79 Å². The molecular formula is C11H11BrN4OS. The maximum atomic E-state index is 11.8. The number of halogens is 1. The number of carbonyl (C=O) groups excluding carboxylic acids is 1. The number of nitrogen functional groups attached to an aromatic ring is 1. The van der Waals surface area contributed by atoms with Crippen LogP contribution in [0.5, 0.6) is 0 Å². The van der Waals surface area contributed by atoms with E-state index >= 15 is 0 Å². The van der Waals surface area contributed by atoms with Crippen LogP contribution in [0.3, 0.4) is 0 Å². The van der Waals surface area contributed by atoms with Crippen molar-refractivity contribution in [1.82, 2.24) is 10.3 Å². The Labute approximate surface area is 117 Å². The van der Waals surface area contributed by atoms with Crippen molar-refractivity contribution in [2.75, 3.05) is 5.43 Å². The number of rotatable bonds is 4. The van der Waals surface area contributed by atoms with Crippen molar-refractivity contribution in [3.63, 3.8) is 0 Å². The molecule has 0 atom stereocenters. The lowest BCUT2D eigenvalue weighted by atomic mass is 10.2. The molecule has 94 valence electrons. The summed E-state index contributed by atoms with van der Waals surface area (Å²) in [4.78, 5) is 16.9. The Hall–Kier alpha value is -1.44. The number of pyridine rings is 1. The van der Waals surface area contributed by atoms with Crippen LogP contribution in [0.1, 0.15) is 15.2 Å². The van der Waals surface area contributed by atoms with Gasteiger partial charge < -0.3 is 10.7 Å². The van der Waals surface area contributed by atoms with Crippen LogP contribution in [0.15, 0.2) is 34.2 Å². The minimum atomic E-state index is -0.157. The summed E-state index contributed by atoms with van der Waals surface area (Å²) in [6, 6.07) is 5.29. The zero-order valence-corrected chi connectivity index (χ0v) is 11.7. The monoisotopic (exact) mass is 326 g/mol. The van der Waals surface area contributed by atoms with Crippen molar-refractivity contribution in [2.45, 2.75) is 6.54 Å². The highest BCUT2D eigenvalue weighted by Crippen LogP contribution is 2.19. The molecule has 7 heteroatoms. The average Bonchev–Trinajstić information content (AvgIpc) is 2.82. The van der Waals surface area contributed by atoms with Gasteiger partial charge in [-0.2, -0.15) is 0 Å². The molecule has 0 unspecified atom stereocenters. The Morgan fingerprint density at radius 1 is 1.50 bits per heavy atom. The molecule has 2 aromatic rings. The molecule has 2 rings (SSSR count). The van der Waals surface area contributed by atoms with Gasteiger partial charge in [-0.1, -0.05) is 0 Å². The van der Waals surface area contributed by atoms with E-state index in [1.165, 1.54) is 6.20 Å². The van der Waals surface area contributed by atoms with E-state index < -0.39 is 0 Å². The van der Waals surface area contributed by atoms with Gasteiger partial charge >= 0.3 is 0 Å². The maximum absolute atomic E-state index is 11.8. The standard InChI is InChI=1S/C11H11BrN4OS/c12-8-3-9(18-6-8)5-15-11(17)7-1-2-10(16-13)14-4-7/h1-4,6H,5,13H2,(H,14,16)(H,15,17). The fraction of sp³-hybridized carbons (Fsp3) is 0.0909. The first-order chi connectivity index (χ1) is 8.69. The fourth-order valence-electron chi connectivity index (χ4n) is 1.33. The number of nitrogens with one attached hydrogen (secondary N) is 2. The predicted octanol–water partition coefficient (Wildman–Crippen LogP) is 2.12. The van der Waals surface area contributed by atoms with Crippen LogP contribution in [-0.2, 0) is 6.54 Å². The van der Waals surface area contributed by atoms with Crippen LogP contribution < -0.4 is 16.6 Å². The van der Waals surface area contributed by atoms with E-state index in [-0.39, 0.29) is 5.91 Å². The van der Waals surface area contributed by atoms with E-state index in [1.54, 1.807) is 23.5 Å². The molecule has 5 nitrogen and oxygen atoms in total. The number of hydrogen-bond donors (Lipinski definition) is 3. The highest BCUT2D eigenvalue weighted by Gasteiger charge is 2.06. The SMILES string of the molecule is NNc1ccc(C(=O)NCc2cc(Br)cs2)cn1. The molecular weight excluding hydrogens is 316 g/mol. The second kappa shape index (κ2) is 5.94. The largest absolute Gasteiger partial charge is 0.347 e. The van der Waals surface area contributed by atoms with Crippen molar-refractivity contribution < 1.29 is 4.79 Å². The second-order valence-corrected chi connectivity index (χ2v) is 5.40. The zero-order chi connectivity index (χ0) is 13.0. The number of hydrogen-bond acceptors (Lipinski definition) is 5. The molecule has 1 amide bonds. The number of hydrazine groups is 1. The van der Waals surface area contributed by atoms with E-state index in [2.05, 4.69) is 31.7 Å². The van der Waals surface area contributed by atoms with E-state index in [0.29, 0.717) is 17.9 Å². The Bertz CT molecular complexity index is 540. The lowest BCUT2D eigenvalue weighted by molar-refractivity contribution is 0.0951. The summed E-state index contributed by atoms with van der Waals surface area (Å²) in [7, 11) is 0.